The number of thiazole rings is 1. The molecule has 1 aliphatic carbocycles. The SMILES string of the molecule is O=C(NC1CCC(CO)CC1)c1csc(-c2ccc(F)cc2)n1. The highest BCUT2D eigenvalue weighted by molar-refractivity contribution is 7.13. The van der Waals surface area contributed by atoms with Crippen molar-refractivity contribution < 1.29 is 14.3 Å². The fourth-order valence-corrected chi connectivity index (χ4v) is 3.66. The molecule has 0 spiro atoms. The molecule has 1 saturated carbocycles. The van der Waals surface area contributed by atoms with Crippen LogP contribution >= 0.6 is 11.3 Å². The molecular formula is C17H19FN2O2S. The molecule has 0 bridgehead atoms. The lowest BCUT2D eigenvalue weighted by atomic mass is 9.86. The zero-order valence-electron chi connectivity index (χ0n) is 12.7. The van der Waals surface area contributed by atoms with Crippen LogP contribution in [-0.4, -0.2) is 28.6 Å². The molecule has 23 heavy (non-hydrogen) atoms. The number of rotatable bonds is 4. The van der Waals surface area contributed by atoms with Crippen LogP contribution in [0.1, 0.15) is 36.2 Å². The summed E-state index contributed by atoms with van der Waals surface area (Å²) in [4.78, 5) is 16.6. The van der Waals surface area contributed by atoms with Crippen LogP contribution in [0.25, 0.3) is 10.6 Å². The summed E-state index contributed by atoms with van der Waals surface area (Å²) < 4.78 is 13.0. The van der Waals surface area contributed by atoms with Crippen LogP contribution in [0.3, 0.4) is 0 Å². The maximum absolute atomic E-state index is 13.0. The maximum atomic E-state index is 13.0. The molecule has 6 heteroatoms. The molecule has 1 aromatic carbocycles. The first-order valence-electron chi connectivity index (χ1n) is 7.79. The number of nitrogens with one attached hydrogen (secondary N) is 1. The number of aliphatic hydroxyl groups is 1. The first-order valence-corrected chi connectivity index (χ1v) is 8.67. The zero-order valence-corrected chi connectivity index (χ0v) is 13.5. The largest absolute Gasteiger partial charge is 0.396 e. The van der Waals surface area contributed by atoms with E-state index in [1.54, 1.807) is 17.5 Å². The van der Waals surface area contributed by atoms with Crippen LogP contribution < -0.4 is 5.32 Å². The maximum Gasteiger partial charge on any atom is 0.270 e. The molecule has 2 N–H and O–H groups in total. The Morgan fingerprint density at radius 1 is 1.26 bits per heavy atom. The Morgan fingerprint density at radius 3 is 2.61 bits per heavy atom. The lowest BCUT2D eigenvalue weighted by Crippen LogP contribution is -2.38. The molecule has 1 fully saturated rings. The molecular weight excluding hydrogens is 315 g/mol. The Bertz CT molecular complexity index is 663. The van der Waals surface area contributed by atoms with Crippen molar-refractivity contribution in [2.45, 2.75) is 31.7 Å². The van der Waals surface area contributed by atoms with Gasteiger partial charge in [-0.05, 0) is 55.9 Å². The third-order valence-corrected chi connectivity index (χ3v) is 5.16. The van der Waals surface area contributed by atoms with Crippen LogP contribution in [0.4, 0.5) is 4.39 Å². The van der Waals surface area contributed by atoms with Crippen molar-refractivity contribution in [2.75, 3.05) is 6.61 Å². The third kappa shape index (κ3) is 3.95. The van der Waals surface area contributed by atoms with Crippen molar-refractivity contribution in [2.24, 2.45) is 5.92 Å². The van der Waals surface area contributed by atoms with E-state index in [1.165, 1.54) is 23.5 Å². The number of hydrogen-bond donors (Lipinski definition) is 2. The minimum atomic E-state index is -0.290. The molecule has 3 rings (SSSR count). The summed E-state index contributed by atoms with van der Waals surface area (Å²) in [6.45, 7) is 0.230. The molecule has 1 amide bonds. The first kappa shape index (κ1) is 16.1. The van der Waals surface area contributed by atoms with Gasteiger partial charge in [-0.3, -0.25) is 4.79 Å². The van der Waals surface area contributed by atoms with Crippen molar-refractivity contribution in [1.82, 2.24) is 10.3 Å². The second-order valence-electron chi connectivity index (χ2n) is 5.92. The fourth-order valence-electron chi connectivity index (χ4n) is 2.85. The van der Waals surface area contributed by atoms with Gasteiger partial charge in [-0.25, -0.2) is 9.37 Å². The van der Waals surface area contributed by atoms with E-state index in [4.69, 9.17) is 5.11 Å². The van der Waals surface area contributed by atoms with Gasteiger partial charge in [-0.15, -0.1) is 11.3 Å². The monoisotopic (exact) mass is 334 g/mol. The first-order chi connectivity index (χ1) is 11.2. The van der Waals surface area contributed by atoms with E-state index >= 15 is 0 Å². The summed E-state index contributed by atoms with van der Waals surface area (Å²) in [5, 5.41) is 14.6. The Kier molecular flexibility index (Phi) is 5.03. The van der Waals surface area contributed by atoms with Crippen LogP contribution in [0.15, 0.2) is 29.6 Å². The van der Waals surface area contributed by atoms with Gasteiger partial charge in [0.1, 0.15) is 16.5 Å². The van der Waals surface area contributed by atoms with Gasteiger partial charge >= 0.3 is 0 Å². The van der Waals surface area contributed by atoms with Crippen molar-refractivity contribution in [3.63, 3.8) is 0 Å². The lowest BCUT2D eigenvalue weighted by molar-refractivity contribution is 0.0909. The topological polar surface area (TPSA) is 62.2 Å². The molecule has 4 nitrogen and oxygen atoms in total. The van der Waals surface area contributed by atoms with Gasteiger partial charge in [0.15, 0.2) is 0 Å². The highest BCUT2D eigenvalue weighted by Crippen LogP contribution is 2.26. The predicted molar refractivity (Wildman–Crippen MR) is 87.8 cm³/mol. The molecule has 0 saturated heterocycles. The van der Waals surface area contributed by atoms with E-state index in [9.17, 15) is 9.18 Å². The van der Waals surface area contributed by atoms with Gasteiger partial charge in [0, 0.05) is 23.6 Å². The molecule has 1 aliphatic rings. The Labute approximate surface area is 138 Å². The number of carbonyl (C=O) groups is 1. The number of aromatic nitrogens is 1. The van der Waals surface area contributed by atoms with Gasteiger partial charge in [0.25, 0.3) is 5.91 Å². The van der Waals surface area contributed by atoms with E-state index in [0.717, 1.165) is 31.2 Å². The minimum Gasteiger partial charge on any atom is -0.396 e. The number of nitrogens with zero attached hydrogens (tertiary/aromatic N) is 1. The van der Waals surface area contributed by atoms with Crippen molar-refractivity contribution in [3.05, 3.63) is 41.2 Å². The van der Waals surface area contributed by atoms with Crippen LogP contribution in [-0.2, 0) is 0 Å². The summed E-state index contributed by atoms with van der Waals surface area (Å²) in [6.07, 6.45) is 3.68. The summed E-state index contributed by atoms with van der Waals surface area (Å²) in [6, 6.07) is 6.24. The van der Waals surface area contributed by atoms with E-state index in [1.807, 2.05) is 0 Å². The second-order valence-corrected chi connectivity index (χ2v) is 6.78. The van der Waals surface area contributed by atoms with Crippen LogP contribution in [0, 0.1) is 11.7 Å². The molecule has 0 radical (unpaired) electrons. The average Bonchev–Trinajstić information content (AvgIpc) is 3.06. The standard InChI is InChI=1S/C17H19FN2O2S/c18-13-5-3-12(4-6-13)17-20-15(10-23-17)16(22)19-14-7-1-11(9-21)2-8-14/h3-6,10-11,14,21H,1-2,7-9H2,(H,19,22). The minimum absolute atomic E-state index is 0.154. The van der Waals surface area contributed by atoms with Crippen molar-refractivity contribution in [3.8, 4) is 10.6 Å². The smallest absolute Gasteiger partial charge is 0.270 e. The Balaban J connectivity index is 1.61. The highest BCUT2D eigenvalue weighted by Gasteiger charge is 2.23. The summed E-state index contributed by atoms with van der Waals surface area (Å²) in [5.41, 5.74) is 1.21. The van der Waals surface area contributed by atoms with E-state index in [2.05, 4.69) is 10.3 Å². The quantitative estimate of drug-likeness (QED) is 0.902. The molecule has 0 atom stereocenters. The number of halogens is 1. The molecule has 2 aromatic rings. The molecule has 1 heterocycles. The summed E-state index contributed by atoms with van der Waals surface area (Å²) in [5.74, 6) is -0.0867. The van der Waals surface area contributed by atoms with Crippen LogP contribution in [0.2, 0.25) is 0 Å². The van der Waals surface area contributed by atoms with E-state index < -0.39 is 0 Å². The van der Waals surface area contributed by atoms with E-state index in [0.29, 0.717) is 16.6 Å². The number of amides is 1. The number of aliphatic hydroxyl groups excluding tert-OH is 1. The summed E-state index contributed by atoms with van der Waals surface area (Å²) >= 11 is 1.38. The summed E-state index contributed by atoms with van der Waals surface area (Å²) in [7, 11) is 0. The van der Waals surface area contributed by atoms with Crippen molar-refractivity contribution >= 4 is 17.2 Å². The lowest BCUT2D eigenvalue weighted by Gasteiger charge is -2.27. The van der Waals surface area contributed by atoms with E-state index in [-0.39, 0.29) is 24.4 Å². The molecule has 0 unspecified atom stereocenters. The number of hydrogen-bond acceptors (Lipinski definition) is 4. The number of benzene rings is 1. The third-order valence-electron chi connectivity index (χ3n) is 4.27. The number of carbonyl (C=O) groups excluding carboxylic acids is 1. The van der Waals surface area contributed by atoms with Gasteiger partial charge in [-0.1, -0.05) is 0 Å². The fraction of sp³-hybridized carbons (Fsp3) is 0.412. The Morgan fingerprint density at radius 2 is 1.96 bits per heavy atom. The highest BCUT2D eigenvalue weighted by atomic mass is 32.1. The molecule has 1 aromatic heterocycles. The molecule has 122 valence electrons. The van der Waals surface area contributed by atoms with Gasteiger partial charge < -0.3 is 10.4 Å². The normalized spacial score (nSPS) is 21.1. The second kappa shape index (κ2) is 7.19. The van der Waals surface area contributed by atoms with Gasteiger partial charge in [0.2, 0.25) is 0 Å². The zero-order chi connectivity index (χ0) is 16.2. The Hall–Kier alpha value is -1.79. The molecule has 0 aliphatic heterocycles. The predicted octanol–water partition coefficient (Wildman–Crippen LogP) is 3.23. The van der Waals surface area contributed by atoms with Crippen molar-refractivity contribution in [1.29, 1.82) is 0 Å². The average molecular weight is 334 g/mol. The van der Waals surface area contributed by atoms with Gasteiger partial charge in [0.05, 0.1) is 0 Å². The van der Waals surface area contributed by atoms with Crippen LogP contribution in [0.5, 0.6) is 0 Å². The van der Waals surface area contributed by atoms with Gasteiger partial charge in [-0.2, -0.15) is 0 Å².